The Hall–Kier alpha value is -4.97. The zero-order chi connectivity index (χ0) is 37.1. The lowest BCUT2D eigenvalue weighted by Gasteiger charge is -2.33. The molecule has 1 aliphatic rings. The van der Waals surface area contributed by atoms with Crippen LogP contribution in [0.3, 0.4) is 0 Å². The van der Waals surface area contributed by atoms with Gasteiger partial charge in [-0.25, -0.2) is 4.39 Å². The highest BCUT2D eigenvalue weighted by molar-refractivity contribution is 5.95. The largest absolute Gasteiger partial charge is 0.495 e. The number of hydrogen-bond donors (Lipinski definition) is 3. The fourth-order valence-corrected chi connectivity index (χ4v) is 5.54. The van der Waals surface area contributed by atoms with Crippen LogP contribution in [0, 0.1) is 11.8 Å². The van der Waals surface area contributed by atoms with Crippen molar-refractivity contribution >= 4 is 40.1 Å². The van der Waals surface area contributed by atoms with E-state index >= 15 is 0 Å². The zero-order valence-corrected chi connectivity index (χ0v) is 29.0. The summed E-state index contributed by atoms with van der Waals surface area (Å²) in [5, 5.41) is 9.44. The number of carbonyl (C=O) groups is 3. The minimum absolute atomic E-state index is 0.0284. The minimum Gasteiger partial charge on any atom is -0.495 e. The Labute approximate surface area is 294 Å². The topological polar surface area (TPSA) is 123 Å². The third kappa shape index (κ3) is 11.0. The number of hydrogen-bond acceptors (Lipinski definition) is 9. The van der Waals surface area contributed by atoms with Crippen LogP contribution in [0.2, 0.25) is 0 Å². The number of halogens is 4. The molecule has 0 spiro atoms. The molecule has 15 heteroatoms. The van der Waals surface area contributed by atoms with E-state index in [1.54, 1.807) is 44.2 Å². The van der Waals surface area contributed by atoms with Crippen molar-refractivity contribution in [1.29, 1.82) is 0 Å². The molecule has 1 saturated heterocycles. The van der Waals surface area contributed by atoms with Crippen molar-refractivity contribution < 1.29 is 46.2 Å². The quantitative estimate of drug-likeness (QED) is 0.118. The minimum atomic E-state index is -4.51. The van der Waals surface area contributed by atoms with Crippen molar-refractivity contribution in [2.75, 3.05) is 57.6 Å². The van der Waals surface area contributed by atoms with E-state index in [0.29, 0.717) is 41.0 Å². The lowest BCUT2D eigenvalue weighted by molar-refractivity contribution is -0.158. The van der Waals surface area contributed by atoms with Gasteiger partial charge in [0.25, 0.3) is 5.91 Å². The smallest absolute Gasteiger partial charge is 0.406 e. The molecule has 51 heavy (non-hydrogen) atoms. The molecule has 3 atom stereocenters. The van der Waals surface area contributed by atoms with Crippen LogP contribution in [0.5, 0.6) is 5.75 Å². The number of aromatic nitrogens is 1. The molecule has 1 aromatic heterocycles. The Balaban J connectivity index is 1.46. The Bertz CT molecular complexity index is 1750. The first kappa shape index (κ1) is 38.8. The number of nitrogens with one attached hydrogen (secondary N) is 3. The van der Waals surface area contributed by atoms with Gasteiger partial charge in [-0.15, -0.1) is 0 Å². The summed E-state index contributed by atoms with van der Waals surface area (Å²) >= 11 is 0. The number of methoxy groups -OCH3 is 1. The van der Waals surface area contributed by atoms with Crippen molar-refractivity contribution in [3.8, 4) is 17.6 Å². The second kappa shape index (κ2) is 17.8. The maximum Gasteiger partial charge on any atom is 0.406 e. The molecule has 3 aromatic rings. The molecule has 4 rings (SSSR count). The fraction of sp³-hybridized carbons (Fsp3) is 0.472. The number of likely N-dealkylation sites (tertiary alicyclic amines) is 1. The fourth-order valence-electron chi connectivity index (χ4n) is 5.54. The number of nitrogens with zero attached hydrogens (tertiary/aromatic N) is 2. The highest BCUT2D eigenvalue weighted by Gasteiger charge is 2.31. The molecule has 1 fully saturated rings. The van der Waals surface area contributed by atoms with Crippen LogP contribution >= 0.6 is 0 Å². The number of benzene rings is 2. The number of piperidine rings is 1. The third-order valence-corrected chi connectivity index (χ3v) is 8.21. The van der Waals surface area contributed by atoms with E-state index in [-0.39, 0.29) is 50.3 Å². The third-order valence-electron chi connectivity index (χ3n) is 8.21. The molecular weight excluding hydrogens is 674 g/mol. The van der Waals surface area contributed by atoms with Gasteiger partial charge in [0.05, 0.1) is 43.1 Å². The van der Waals surface area contributed by atoms with Gasteiger partial charge in [-0.1, -0.05) is 25.8 Å². The number of esters is 2. The van der Waals surface area contributed by atoms with Crippen molar-refractivity contribution in [3.05, 3.63) is 53.7 Å². The number of anilines is 2. The molecule has 0 aliphatic carbocycles. The second-order valence-corrected chi connectivity index (χ2v) is 12.1. The summed E-state index contributed by atoms with van der Waals surface area (Å²) in [5.41, 5.74) is 1.72. The zero-order valence-electron chi connectivity index (χ0n) is 29.0. The summed E-state index contributed by atoms with van der Waals surface area (Å²) < 4.78 is 72.7. The predicted molar refractivity (Wildman–Crippen MR) is 185 cm³/mol. The Morgan fingerprint density at radius 2 is 1.82 bits per heavy atom. The van der Waals surface area contributed by atoms with Crippen LogP contribution in [0.4, 0.5) is 28.9 Å². The van der Waals surface area contributed by atoms with E-state index < -0.39 is 48.9 Å². The Morgan fingerprint density at radius 1 is 1.06 bits per heavy atom. The molecule has 1 amide bonds. The highest BCUT2D eigenvalue weighted by Crippen LogP contribution is 2.32. The SMILES string of the molecule is CCC(=O)OCC(CNC(=O)c1ccc(NCC#Cc2cc3c(N[C@@H]4CCN(C)C[C@@H]4F)cccc3n2CC(F)(F)F)c(OC)c1)OC(=O)CC. The molecule has 0 bridgehead atoms. The molecule has 276 valence electrons. The van der Waals surface area contributed by atoms with Crippen LogP contribution in [0.15, 0.2) is 42.5 Å². The van der Waals surface area contributed by atoms with E-state index in [1.165, 1.54) is 19.2 Å². The molecule has 1 aliphatic heterocycles. The van der Waals surface area contributed by atoms with E-state index in [9.17, 15) is 31.9 Å². The van der Waals surface area contributed by atoms with Crippen molar-refractivity contribution in [2.24, 2.45) is 0 Å². The van der Waals surface area contributed by atoms with Gasteiger partial charge < -0.3 is 39.6 Å². The normalized spacial score (nSPS) is 16.8. The van der Waals surface area contributed by atoms with E-state index in [4.69, 9.17) is 14.2 Å². The first-order valence-electron chi connectivity index (χ1n) is 16.6. The number of carbonyl (C=O) groups excluding carboxylic acids is 3. The van der Waals surface area contributed by atoms with Gasteiger partial charge in [0, 0.05) is 42.6 Å². The van der Waals surface area contributed by atoms with Crippen molar-refractivity contribution in [1.82, 2.24) is 14.8 Å². The molecular formula is C36H43F4N5O6. The monoisotopic (exact) mass is 717 g/mol. The van der Waals surface area contributed by atoms with Crippen LogP contribution < -0.4 is 20.7 Å². The maximum atomic E-state index is 14.8. The average molecular weight is 718 g/mol. The molecule has 2 heterocycles. The average Bonchev–Trinajstić information content (AvgIpc) is 3.44. The lowest BCUT2D eigenvalue weighted by Crippen LogP contribution is -2.46. The van der Waals surface area contributed by atoms with Gasteiger partial charge in [-0.3, -0.25) is 14.4 Å². The van der Waals surface area contributed by atoms with E-state index in [0.717, 1.165) is 4.57 Å². The predicted octanol–water partition coefficient (Wildman–Crippen LogP) is 5.13. The lowest BCUT2D eigenvalue weighted by atomic mass is 10.0. The summed E-state index contributed by atoms with van der Waals surface area (Å²) in [6.45, 7) is 2.68. The highest BCUT2D eigenvalue weighted by atomic mass is 19.4. The van der Waals surface area contributed by atoms with E-state index in [2.05, 4.69) is 27.8 Å². The van der Waals surface area contributed by atoms with Crippen molar-refractivity contribution in [3.63, 3.8) is 0 Å². The van der Waals surface area contributed by atoms with Gasteiger partial charge in [-0.2, -0.15) is 13.2 Å². The Morgan fingerprint density at radius 3 is 2.51 bits per heavy atom. The van der Waals surface area contributed by atoms with E-state index in [1.807, 2.05) is 11.9 Å². The maximum absolute atomic E-state index is 14.8. The first-order chi connectivity index (χ1) is 24.3. The molecule has 2 aromatic carbocycles. The summed E-state index contributed by atoms with van der Waals surface area (Å²) in [7, 11) is 3.25. The number of amides is 1. The number of fused-ring (bicyclic) bond motifs is 1. The van der Waals surface area contributed by atoms with Gasteiger partial charge in [0.1, 0.15) is 25.1 Å². The standard InChI is InChI=1S/C36H43F4N5O6/c1-5-33(46)50-21-25(51-34(47)6-2)19-42-35(48)23-12-13-30(32(17-23)49-4)41-15-8-9-24-18-26-28(43-29-14-16-44(3)20-27(29)37)10-7-11-31(26)45(24)22-36(38,39)40/h7,10-13,17-18,25,27,29,41,43H,5-6,14-16,19-22H2,1-4H3,(H,42,48)/t25?,27-,29+/m0/s1. The first-order valence-corrected chi connectivity index (χ1v) is 16.6. The van der Waals surface area contributed by atoms with Crippen LogP contribution in [-0.2, 0) is 25.6 Å². The van der Waals surface area contributed by atoms with Crippen LogP contribution in [0.25, 0.3) is 10.9 Å². The summed E-state index contributed by atoms with van der Waals surface area (Å²) in [6, 6.07) is 10.7. The summed E-state index contributed by atoms with van der Waals surface area (Å²) in [6.07, 6.45) is -5.70. The summed E-state index contributed by atoms with van der Waals surface area (Å²) in [4.78, 5) is 38.2. The van der Waals surface area contributed by atoms with Crippen LogP contribution in [0.1, 0.15) is 49.2 Å². The van der Waals surface area contributed by atoms with Crippen LogP contribution in [-0.4, -0.2) is 98.7 Å². The Kier molecular flexibility index (Phi) is 13.6. The number of alkyl halides is 4. The molecule has 11 nitrogen and oxygen atoms in total. The van der Waals surface area contributed by atoms with Gasteiger partial charge in [-0.05, 0) is 55.8 Å². The number of rotatable bonds is 14. The number of ether oxygens (including phenoxy) is 3. The molecule has 1 unspecified atom stereocenters. The summed E-state index contributed by atoms with van der Waals surface area (Å²) in [5.74, 6) is 4.54. The van der Waals surface area contributed by atoms with Gasteiger partial charge >= 0.3 is 18.1 Å². The van der Waals surface area contributed by atoms with Gasteiger partial charge in [0.2, 0.25) is 0 Å². The molecule has 0 saturated carbocycles. The molecule has 0 radical (unpaired) electrons. The molecule has 3 N–H and O–H groups in total. The second-order valence-electron chi connectivity index (χ2n) is 12.1. The van der Waals surface area contributed by atoms with Gasteiger partial charge in [0.15, 0.2) is 6.10 Å². The van der Waals surface area contributed by atoms with Crippen molar-refractivity contribution in [2.45, 2.75) is 64.1 Å².